The van der Waals surface area contributed by atoms with Gasteiger partial charge in [-0.2, -0.15) is 5.10 Å². The first-order valence-electron chi connectivity index (χ1n) is 8.20. The highest BCUT2D eigenvalue weighted by Crippen LogP contribution is 2.42. The molecule has 120 valence electrons. The molecular formula is C20H19N3O. The van der Waals surface area contributed by atoms with E-state index in [-0.39, 0.29) is 11.3 Å². The maximum Gasteiger partial charge on any atom is 0.240 e. The highest BCUT2D eigenvalue weighted by molar-refractivity contribution is 6.13. The van der Waals surface area contributed by atoms with E-state index in [0.29, 0.717) is 12.8 Å². The summed E-state index contributed by atoms with van der Waals surface area (Å²) in [7, 11) is 0. The number of nitrogens with zero attached hydrogens (tertiary/aromatic N) is 2. The number of amides is 1. The molecule has 1 amide bonds. The summed E-state index contributed by atoms with van der Waals surface area (Å²) in [4.78, 5) is 16.2. The van der Waals surface area contributed by atoms with E-state index in [0.717, 1.165) is 28.2 Å². The van der Waals surface area contributed by atoms with Crippen molar-refractivity contribution < 1.29 is 4.79 Å². The lowest BCUT2D eigenvalue weighted by molar-refractivity contribution is -0.121. The number of aliphatic imine (C=N–C) groups is 1. The normalized spacial score (nSPS) is 18.5. The summed E-state index contributed by atoms with van der Waals surface area (Å²) in [5.74, 6) is -0.0186. The molecule has 0 spiro atoms. The topological polar surface area (TPSA) is 53.8 Å². The van der Waals surface area contributed by atoms with Crippen LogP contribution >= 0.6 is 0 Å². The van der Waals surface area contributed by atoms with Gasteiger partial charge in [0.25, 0.3) is 0 Å². The van der Waals surface area contributed by atoms with E-state index >= 15 is 0 Å². The van der Waals surface area contributed by atoms with Crippen molar-refractivity contribution in [1.82, 2.24) is 5.43 Å². The second kappa shape index (κ2) is 5.41. The monoisotopic (exact) mass is 317 g/mol. The Bertz CT molecular complexity index is 879. The smallest absolute Gasteiger partial charge is 0.240 e. The summed E-state index contributed by atoms with van der Waals surface area (Å²) in [5, 5.41) is 4.21. The molecule has 0 saturated heterocycles. The predicted molar refractivity (Wildman–Crippen MR) is 96.0 cm³/mol. The number of carbonyl (C=O) groups excluding carboxylic acids is 1. The molecule has 1 N–H and O–H groups in total. The molecule has 2 aromatic rings. The van der Waals surface area contributed by atoms with E-state index in [1.807, 2.05) is 24.3 Å². The number of rotatable bonds is 2. The van der Waals surface area contributed by atoms with Gasteiger partial charge in [0, 0.05) is 18.3 Å². The van der Waals surface area contributed by atoms with Crippen LogP contribution in [0, 0.1) is 0 Å². The second-order valence-electron chi connectivity index (χ2n) is 6.78. The zero-order valence-electron chi connectivity index (χ0n) is 13.8. The number of hydrazone groups is 1. The van der Waals surface area contributed by atoms with Gasteiger partial charge in [-0.25, -0.2) is 5.43 Å². The Balaban J connectivity index is 1.74. The first-order chi connectivity index (χ1) is 11.6. The van der Waals surface area contributed by atoms with Gasteiger partial charge in [0.05, 0.1) is 17.1 Å². The molecule has 0 unspecified atom stereocenters. The molecule has 0 aliphatic carbocycles. The van der Waals surface area contributed by atoms with Gasteiger partial charge in [-0.1, -0.05) is 50.2 Å². The molecular weight excluding hydrogens is 298 g/mol. The number of carbonyl (C=O) groups is 1. The molecule has 0 radical (unpaired) electrons. The Labute approximate surface area is 141 Å². The van der Waals surface area contributed by atoms with Gasteiger partial charge in [-0.3, -0.25) is 9.79 Å². The van der Waals surface area contributed by atoms with Crippen molar-refractivity contribution in [2.75, 3.05) is 0 Å². The van der Waals surface area contributed by atoms with Crippen LogP contribution in [0.1, 0.15) is 43.4 Å². The molecule has 2 aromatic carbocycles. The van der Waals surface area contributed by atoms with E-state index < -0.39 is 0 Å². The molecule has 0 fully saturated rings. The highest BCUT2D eigenvalue weighted by atomic mass is 16.2. The molecule has 4 rings (SSSR count). The van der Waals surface area contributed by atoms with Crippen LogP contribution in [-0.2, 0) is 10.2 Å². The molecule has 2 heterocycles. The average Bonchev–Trinajstić information content (AvgIpc) is 2.87. The van der Waals surface area contributed by atoms with Crippen molar-refractivity contribution in [2.45, 2.75) is 32.1 Å². The van der Waals surface area contributed by atoms with Crippen LogP contribution in [0.2, 0.25) is 0 Å². The zero-order valence-corrected chi connectivity index (χ0v) is 13.8. The van der Waals surface area contributed by atoms with E-state index in [1.54, 1.807) is 0 Å². The van der Waals surface area contributed by atoms with Gasteiger partial charge in [0.2, 0.25) is 5.91 Å². The van der Waals surface area contributed by atoms with Crippen LogP contribution in [-0.4, -0.2) is 17.3 Å². The summed E-state index contributed by atoms with van der Waals surface area (Å²) >= 11 is 0. The van der Waals surface area contributed by atoms with Crippen molar-refractivity contribution in [1.29, 1.82) is 0 Å². The number of hydrogen-bond acceptors (Lipinski definition) is 3. The molecule has 0 atom stereocenters. The molecule has 24 heavy (non-hydrogen) atoms. The lowest BCUT2D eigenvalue weighted by Crippen LogP contribution is -2.27. The van der Waals surface area contributed by atoms with Crippen LogP contribution in [0.4, 0.5) is 5.69 Å². The van der Waals surface area contributed by atoms with Crippen LogP contribution < -0.4 is 5.43 Å². The second-order valence-corrected chi connectivity index (χ2v) is 6.78. The molecule has 0 aromatic heterocycles. The molecule has 4 heteroatoms. The minimum atomic E-state index is -0.162. The van der Waals surface area contributed by atoms with Crippen molar-refractivity contribution >= 4 is 23.0 Å². The van der Waals surface area contributed by atoms with Crippen LogP contribution in [0.15, 0.2) is 58.6 Å². The van der Waals surface area contributed by atoms with Gasteiger partial charge in [-0.15, -0.1) is 0 Å². The van der Waals surface area contributed by atoms with Crippen LogP contribution in [0.3, 0.4) is 0 Å². The molecule has 0 bridgehead atoms. The van der Waals surface area contributed by atoms with Crippen molar-refractivity contribution in [3.8, 4) is 0 Å². The minimum Gasteiger partial charge on any atom is -0.273 e. The number of hydrogen-bond donors (Lipinski definition) is 1. The van der Waals surface area contributed by atoms with E-state index in [2.05, 4.69) is 48.6 Å². The Hall–Kier alpha value is -2.75. The fourth-order valence-electron chi connectivity index (χ4n) is 3.41. The third-order valence-corrected chi connectivity index (χ3v) is 4.78. The van der Waals surface area contributed by atoms with Crippen molar-refractivity contribution in [3.63, 3.8) is 0 Å². The first-order valence-corrected chi connectivity index (χ1v) is 8.20. The Morgan fingerprint density at radius 1 is 1.00 bits per heavy atom. The maximum atomic E-state index is 11.3. The SMILES string of the molecule is CC1(C)C(c2ccccc2)=Nc2ccc(C3=NNC(=O)CC3)cc21. The molecule has 4 nitrogen and oxygen atoms in total. The van der Waals surface area contributed by atoms with Gasteiger partial charge in [0.15, 0.2) is 0 Å². The summed E-state index contributed by atoms with van der Waals surface area (Å²) in [6.45, 7) is 4.41. The quantitative estimate of drug-likeness (QED) is 0.902. The van der Waals surface area contributed by atoms with Gasteiger partial charge >= 0.3 is 0 Å². The standard InChI is InChI=1S/C20H19N3O/c1-20(2)15-12-14(16-10-11-18(24)23-22-16)8-9-17(15)21-19(20)13-6-4-3-5-7-13/h3-9,12H,10-11H2,1-2H3,(H,23,24). The van der Waals surface area contributed by atoms with Crippen molar-refractivity contribution in [3.05, 3.63) is 65.2 Å². The van der Waals surface area contributed by atoms with Crippen LogP contribution in [0.25, 0.3) is 0 Å². The van der Waals surface area contributed by atoms with E-state index in [1.165, 1.54) is 5.56 Å². The molecule has 0 saturated carbocycles. The summed E-state index contributed by atoms with van der Waals surface area (Å²) in [5.41, 5.74) is 8.88. The lowest BCUT2D eigenvalue weighted by Gasteiger charge is -2.23. The highest BCUT2D eigenvalue weighted by Gasteiger charge is 2.36. The van der Waals surface area contributed by atoms with E-state index in [9.17, 15) is 4.79 Å². The lowest BCUT2D eigenvalue weighted by atomic mass is 9.78. The third-order valence-electron chi connectivity index (χ3n) is 4.78. The predicted octanol–water partition coefficient (Wildman–Crippen LogP) is 3.71. The van der Waals surface area contributed by atoms with Gasteiger partial charge < -0.3 is 0 Å². The minimum absolute atomic E-state index is 0.0186. The summed E-state index contributed by atoms with van der Waals surface area (Å²) in [6, 6.07) is 16.6. The third kappa shape index (κ3) is 2.35. The maximum absolute atomic E-state index is 11.3. The Morgan fingerprint density at radius 3 is 2.50 bits per heavy atom. The molecule has 2 aliphatic heterocycles. The van der Waals surface area contributed by atoms with Gasteiger partial charge in [-0.05, 0) is 28.8 Å². The summed E-state index contributed by atoms with van der Waals surface area (Å²) in [6.07, 6.45) is 1.17. The van der Waals surface area contributed by atoms with Crippen LogP contribution in [0.5, 0.6) is 0 Å². The zero-order chi connectivity index (χ0) is 16.7. The van der Waals surface area contributed by atoms with E-state index in [4.69, 9.17) is 4.99 Å². The number of fused-ring (bicyclic) bond motifs is 1. The Kier molecular flexibility index (Phi) is 3.34. The van der Waals surface area contributed by atoms with Gasteiger partial charge in [0.1, 0.15) is 0 Å². The summed E-state index contributed by atoms with van der Waals surface area (Å²) < 4.78 is 0. The number of nitrogens with one attached hydrogen (secondary N) is 1. The molecule has 2 aliphatic rings. The Morgan fingerprint density at radius 2 is 1.79 bits per heavy atom. The average molecular weight is 317 g/mol. The first kappa shape index (κ1) is 14.8. The fourth-order valence-corrected chi connectivity index (χ4v) is 3.41. The fraction of sp³-hybridized carbons (Fsp3) is 0.250. The largest absolute Gasteiger partial charge is 0.273 e. The number of benzene rings is 2. The van der Waals surface area contributed by atoms with Crippen molar-refractivity contribution in [2.24, 2.45) is 10.1 Å².